The molecule has 0 rings (SSSR count). The Labute approximate surface area is 626 Å². The van der Waals surface area contributed by atoms with E-state index in [4.69, 9.17) is 37.0 Å². The van der Waals surface area contributed by atoms with E-state index in [0.29, 0.717) is 25.7 Å². The van der Waals surface area contributed by atoms with Gasteiger partial charge in [-0.3, -0.25) is 37.3 Å². The highest BCUT2D eigenvalue weighted by Gasteiger charge is 2.30. The summed E-state index contributed by atoms with van der Waals surface area (Å²) in [6.07, 6.45) is 65.3. The number of carbonyl (C=O) groups is 4. The summed E-state index contributed by atoms with van der Waals surface area (Å²) in [6.45, 7) is 9.64. The normalized spacial score (nSPS) is 14.1. The van der Waals surface area contributed by atoms with Crippen molar-refractivity contribution in [3.63, 3.8) is 0 Å². The predicted octanol–water partition coefficient (Wildman–Crippen LogP) is 25.1. The third-order valence-corrected chi connectivity index (χ3v) is 21.7. The van der Waals surface area contributed by atoms with Gasteiger partial charge in [-0.25, -0.2) is 9.13 Å². The number of unbranched alkanes of at least 4 members (excludes halogenated alkanes) is 51. The van der Waals surface area contributed by atoms with Gasteiger partial charge >= 0.3 is 39.5 Å². The first-order chi connectivity index (χ1) is 49.4. The molecule has 0 saturated carbocycles. The molecule has 102 heavy (non-hydrogen) atoms. The third kappa shape index (κ3) is 74.9. The number of rotatable bonds is 82. The molecule has 0 fully saturated rings. The van der Waals surface area contributed by atoms with Crippen LogP contribution in [-0.2, 0) is 65.4 Å². The minimum atomic E-state index is -4.96. The van der Waals surface area contributed by atoms with E-state index in [0.717, 1.165) is 102 Å². The molecule has 0 aliphatic carbocycles. The second kappa shape index (κ2) is 74.5. The highest BCUT2D eigenvalue weighted by molar-refractivity contribution is 7.47. The topological polar surface area (TPSA) is 237 Å². The van der Waals surface area contributed by atoms with E-state index in [-0.39, 0.29) is 25.7 Å². The zero-order chi connectivity index (χ0) is 74.9. The summed E-state index contributed by atoms with van der Waals surface area (Å²) in [5.74, 6) is -0.578. The Morgan fingerprint density at radius 3 is 0.745 bits per heavy atom. The van der Waals surface area contributed by atoms with Crippen molar-refractivity contribution in [2.45, 2.75) is 458 Å². The Morgan fingerprint density at radius 2 is 0.500 bits per heavy atom. The van der Waals surface area contributed by atoms with Crippen LogP contribution in [0.4, 0.5) is 0 Å². The van der Waals surface area contributed by atoms with Crippen LogP contribution in [0.25, 0.3) is 0 Å². The fourth-order valence-electron chi connectivity index (χ4n) is 12.9. The van der Waals surface area contributed by atoms with Crippen LogP contribution in [0.5, 0.6) is 0 Å². The molecule has 0 heterocycles. The largest absolute Gasteiger partial charge is 0.472 e. The minimum Gasteiger partial charge on any atom is -0.462 e. The summed E-state index contributed by atoms with van der Waals surface area (Å²) in [5.41, 5.74) is 0. The highest BCUT2D eigenvalue weighted by atomic mass is 31.2. The van der Waals surface area contributed by atoms with E-state index >= 15 is 0 Å². The fourth-order valence-corrected chi connectivity index (χ4v) is 14.4. The van der Waals surface area contributed by atoms with Crippen LogP contribution in [0.15, 0.2) is 0 Å². The number of aliphatic hydroxyl groups is 1. The molecular weight excluding hydrogens is 1330 g/mol. The van der Waals surface area contributed by atoms with E-state index in [1.54, 1.807) is 0 Å². The molecule has 0 aromatic rings. The average molecular weight is 1490 g/mol. The van der Waals surface area contributed by atoms with Gasteiger partial charge in [0, 0.05) is 25.7 Å². The Morgan fingerprint density at radius 1 is 0.284 bits per heavy atom. The van der Waals surface area contributed by atoms with Crippen LogP contribution >= 0.6 is 15.6 Å². The Hall–Kier alpha value is -1.94. The second-order valence-electron chi connectivity index (χ2n) is 30.6. The summed E-state index contributed by atoms with van der Waals surface area (Å²) >= 11 is 0. The molecule has 6 atom stereocenters. The molecule has 606 valence electrons. The molecule has 0 spiro atoms. The van der Waals surface area contributed by atoms with E-state index in [1.807, 2.05) is 0 Å². The zero-order valence-electron chi connectivity index (χ0n) is 66.9. The van der Waals surface area contributed by atoms with Crippen molar-refractivity contribution < 1.29 is 80.2 Å². The second-order valence-corrected chi connectivity index (χ2v) is 33.5. The van der Waals surface area contributed by atoms with E-state index in [2.05, 4.69) is 41.5 Å². The van der Waals surface area contributed by atoms with Gasteiger partial charge in [0.2, 0.25) is 0 Å². The van der Waals surface area contributed by atoms with E-state index in [9.17, 15) is 43.2 Å². The van der Waals surface area contributed by atoms with Crippen molar-refractivity contribution in [2.24, 2.45) is 11.8 Å². The van der Waals surface area contributed by atoms with Gasteiger partial charge in [-0.05, 0) is 37.5 Å². The van der Waals surface area contributed by atoms with Crippen LogP contribution in [0.1, 0.15) is 440 Å². The maximum Gasteiger partial charge on any atom is 0.472 e. The van der Waals surface area contributed by atoms with Crippen molar-refractivity contribution in [3.05, 3.63) is 0 Å². The lowest BCUT2D eigenvalue weighted by Gasteiger charge is -2.21. The molecule has 0 bridgehead atoms. The smallest absolute Gasteiger partial charge is 0.462 e. The lowest BCUT2D eigenvalue weighted by Crippen LogP contribution is -2.30. The molecule has 0 amide bonds. The molecular formula is C83H162O17P2. The van der Waals surface area contributed by atoms with Crippen LogP contribution in [0.3, 0.4) is 0 Å². The van der Waals surface area contributed by atoms with Crippen LogP contribution in [0, 0.1) is 11.8 Å². The van der Waals surface area contributed by atoms with Crippen molar-refractivity contribution in [1.82, 2.24) is 0 Å². The summed E-state index contributed by atoms with van der Waals surface area (Å²) in [4.78, 5) is 73.1. The summed E-state index contributed by atoms with van der Waals surface area (Å²) in [5, 5.41) is 10.7. The molecule has 19 heteroatoms. The number of phosphoric ester groups is 2. The summed E-state index contributed by atoms with van der Waals surface area (Å²) in [6, 6.07) is 0. The number of aliphatic hydroxyl groups excluding tert-OH is 1. The van der Waals surface area contributed by atoms with E-state index in [1.165, 1.54) is 257 Å². The molecule has 3 unspecified atom stereocenters. The summed E-state index contributed by atoms with van der Waals surface area (Å²) in [7, 11) is -9.92. The van der Waals surface area contributed by atoms with Crippen LogP contribution < -0.4 is 0 Å². The third-order valence-electron chi connectivity index (χ3n) is 19.8. The van der Waals surface area contributed by atoms with Gasteiger partial charge in [0.25, 0.3) is 0 Å². The SMILES string of the molecule is CCCCCCCCCCCCCCCCCCCCCCCC(=O)O[C@H](COC(=O)CCCCCCCCCCCCCCCCCC)COP(=O)(O)OC[C@@H](O)COP(=O)(O)OC[C@@H](COC(=O)CCCCCCCCCCC(C)C)OC(=O)CCCCCCCCCCCCC(C)CC. The lowest BCUT2D eigenvalue weighted by molar-refractivity contribution is -0.161. The minimum absolute atomic E-state index is 0.106. The van der Waals surface area contributed by atoms with Crippen molar-refractivity contribution in [2.75, 3.05) is 39.6 Å². The molecule has 0 aromatic heterocycles. The van der Waals surface area contributed by atoms with Crippen molar-refractivity contribution in [1.29, 1.82) is 0 Å². The lowest BCUT2D eigenvalue weighted by atomic mass is 9.99. The number of hydrogen-bond donors (Lipinski definition) is 3. The van der Waals surface area contributed by atoms with Gasteiger partial charge in [-0.2, -0.15) is 0 Å². The molecule has 0 radical (unpaired) electrons. The molecule has 0 saturated heterocycles. The monoisotopic (exact) mass is 1490 g/mol. The van der Waals surface area contributed by atoms with Crippen LogP contribution in [0.2, 0.25) is 0 Å². The fraction of sp³-hybridized carbons (Fsp3) is 0.952. The Bertz CT molecular complexity index is 1960. The van der Waals surface area contributed by atoms with E-state index < -0.39 is 97.5 Å². The maximum atomic E-state index is 13.1. The van der Waals surface area contributed by atoms with Gasteiger partial charge < -0.3 is 33.8 Å². The first kappa shape index (κ1) is 100. The number of ether oxygens (including phenoxy) is 4. The molecule has 0 aromatic carbocycles. The Balaban J connectivity index is 5.24. The maximum absolute atomic E-state index is 13.1. The molecule has 3 N–H and O–H groups in total. The van der Waals surface area contributed by atoms with Gasteiger partial charge in [0.05, 0.1) is 26.4 Å². The predicted molar refractivity (Wildman–Crippen MR) is 418 cm³/mol. The molecule has 0 aliphatic rings. The zero-order valence-corrected chi connectivity index (χ0v) is 68.7. The van der Waals surface area contributed by atoms with Gasteiger partial charge in [-0.1, -0.05) is 388 Å². The average Bonchev–Trinajstić information content (AvgIpc) is 1.33. The van der Waals surface area contributed by atoms with Crippen molar-refractivity contribution in [3.8, 4) is 0 Å². The van der Waals surface area contributed by atoms with Crippen LogP contribution in [-0.4, -0.2) is 96.7 Å². The highest BCUT2D eigenvalue weighted by Crippen LogP contribution is 2.45. The molecule has 0 aliphatic heterocycles. The first-order valence-corrected chi connectivity index (χ1v) is 46.0. The number of phosphoric acid groups is 2. The summed E-state index contributed by atoms with van der Waals surface area (Å²) < 4.78 is 68.8. The number of hydrogen-bond acceptors (Lipinski definition) is 15. The molecule has 17 nitrogen and oxygen atoms in total. The van der Waals surface area contributed by atoms with Gasteiger partial charge in [-0.15, -0.1) is 0 Å². The number of esters is 4. The first-order valence-electron chi connectivity index (χ1n) is 43.0. The van der Waals surface area contributed by atoms with Gasteiger partial charge in [0.15, 0.2) is 12.2 Å². The Kier molecular flexibility index (Phi) is 73.1. The standard InChI is InChI=1S/C83H162O17P2/c1-7-10-12-14-16-18-20-22-24-26-27-28-29-30-32-34-36-41-49-55-61-67-82(87)99-78(71-93-80(85)65-59-53-47-40-35-33-31-25-23-21-19-17-15-13-11-8-2)73-97-101(89,90)95-69-77(84)70-96-102(91,92)98-74-79(72-94-81(86)66-60-54-48-44-43-45-51-57-63-75(4)5)100-83(88)68-62-56-50-42-38-37-39-46-52-58-64-76(6)9-3/h75-79,84H,7-74H2,1-6H3,(H,89,90)(H,91,92)/t76?,77-,78-,79-/m1/s1. The van der Waals surface area contributed by atoms with Gasteiger partial charge in [0.1, 0.15) is 19.3 Å². The quantitative estimate of drug-likeness (QED) is 0.0222. The number of carbonyl (C=O) groups excluding carboxylic acids is 4. The van der Waals surface area contributed by atoms with Crippen molar-refractivity contribution >= 4 is 39.5 Å².